The summed E-state index contributed by atoms with van der Waals surface area (Å²) < 4.78 is 5.64. The highest BCUT2D eigenvalue weighted by Gasteiger charge is 2.07. The number of hydrogen-bond donors (Lipinski definition) is 2. The van der Waals surface area contributed by atoms with Gasteiger partial charge in [0.2, 0.25) is 5.88 Å². The minimum absolute atomic E-state index is 0.0414. The van der Waals surface area contributed by atoms with Crippen LogP contribution in [0.1, 0.15) is 30.0 Å². The number of aryl methyl sites for hydroxylation is 1. The van der Waals surface area contributed by atoms with Crippen molar-refractivity contribution in [1.82, 2.24) is 9.97 Å². The van der Waals surface area contributed by atoms with Crippen LogP contribution >= 0.6 is 0 Å². The van der Waals surface area contributed by atoms with Gasteiger partial charge >= 0.3 is 0 Å². The normalized spacial score (nSPS) is 10.5. The fraction of sp³-hybridized carbons (Fsp3) is 0.190. The average Bonchev–Trinajstić information content (AvgIpc) is 2.63. The zero-order valence-electron chi connectivity index (χ0n) is 15.6. The van der Waals surface area contributed by atoms with Gasteiger partial charge in [-0.1, -0.05) is 18.2 Å². The topological polar surface area (TPSA) is 76.1 Å². The third-order valence-corrected chi connectivity index (χ3v) is 3.62. The molecule has 0 aliphatic rings. The van der Waals surface area contributed by atoms with Crippen molar-refractivity contribution in [3.63, 3.8) is 0 Å². The number of hydrogen-bond acceptors (Lipinski definition) is 5. The van der Waals surface area contributed by atoms with Gasteiger partial charge in [0.25, 0.3) is 5.91 Å². The maximum atomic E-state index is 12.2. The molecule has 6 heteroatoms. The van der Waals surface area contributed by atoms with Crippen LogP contribution < -0.4 is 15.4 Å². The summed E-state index contributed by atoms with van der Waals surface area (Å²) in [5, 5.41) is 6.10. The van der Waals surface area contributed by atoms with E-state index in [-0.39, 0.29) is 12.0 Å². The number of aromatic nitrogens is 2. The van der Waals surface area contributed by atoms with E-state index in [1.807, 2.05) is 63.2 Å². The van der Waals surface area contributed by atoms with E-state index in [0.717, 1.165) is 11.4 Å². The summed E-state index contributed by atoms with van der Waals surface area (Å²) in [6.07, 6.45) is 0.0414. The van der Waals surface area contributed by atoms with Gasteiger partial charge in [0.1, 0.15) is 11.6 Å². The second-order valence-electron chi connectivity index (χ2n) is 6.33. The third-order valence-electron chi connectivity index (χ3n) is 3.62. The molecule has 1 amide bonds. The van der Waals surface area contributed by atoms with Crippen molar-refractivity contribution in [1.29, 1.82) is 0 Å². The highest BCUT2D eigenvalue weighted by molar-refractivity contribution is 6.04. The van der Waals surface area contributed by atoms with Crippen LogP contribution in [0.25, 0.3) is 0 Å². The monoisotopic (exact) mass is 362 g/mol. The lowest BCUT2D eigenvalue weighted by atomic mass is 10.2. The zero-order valence-corrected chi connectivity index (χ0v) is 15.6. The maximum absolute atomic E-state index is 12.2. The molecule has 0 fully saturated rings. The van der Waals surface area contributed by atoms with E-state index < -0.39 is 0 Å². The minimum atomic E-state index is -0.141. The minimum Gasteiger partial charge on any atom is -0.475 e. The van der Waals surface area contributed by atoms with Crippen molar-refractivity contribution in [2.24, 2.45) is 0 Å². The number of ether oxygens (including phenoxy) is 1. The van der Waals surface area contributed by atoms with Crippen LogP contribution in [-0.4, -0.2) is 22.0 Å². The molecule has 3 aromatic rings. The van der Waals surface area contributed by atoms with Crippen molar-refractivity contribution < 1.29 is 9.53 Å². The van der Waals surface area contributed by atoms with Crippen LogP contribution in [0, 0.1) is 6.92 Å². The fourth-order valence-corrected chi connectivity index (χ4v) is 2.48. The quantitative estimate of drug-likeness (QED) is 0.672. The summed E-state index contributed by atoms with van der Waals surface area (Å²) in [6, 6.07) is 18.3. The molecule has 0 unspecified atom stereocenters. The van der Waals surface area contributed by atoms with Crippen molar-refractivity contribution in [3.05, 3.63) is 72.1 Å². The molecule has 0 spiro atoms. The molecule has 0 aliphatic carbocycles. The van der Waals surface area contributed by atoms with Crippen molar-refractivity contribution in [3.8, 4) is 5.88 Å². The predicted octanol–water partition coefficient (Wildman–Crippen LogP) is 4.57. The number of anilines is 3. The van der Waals surface area contributed by atoms with Crippen LogP contribution in [0.2, 0.25) is 0 Å². The molecule has 3 rings (SSSR count). The second kappa shape index (κ2) is 8.31. The van der Waals surface area contributed by atoms with Gasteiger partial charge in [-0.3, -0.25) is 4.79 Å². The fourth-order valence-electron chi connectivity index (χ4n) is 2.48. The molecule has 1 heterocycles. The van der Waals surface area contributed by atoms with Gasteiger partial charge in [-0.05, 0) is 57.2 Å². The molecule has 1 aromatic heterocycles. The summed E-state index contributed by atoms with van der Waals surface area (Å²) in [5.41, 5.74) is 2.19. The van der Waals surface area contributed by atoms with E-state index in [9.17, 15) is 4.79 Å². The van der Waals surface area contributed by atoms with E-state index in [1.165, 1.54) is 0 Å². The Balaban J connectivity index is 1.67. The summed E-state index contributed by atoms with van der Waals surface area (Å²) in [5.74, 6) is 1.67. The van der Waals surface area contributed by atoms with Gasteiger partial charge in [0, 0.05) is 23.0 Å². The Hall–Kier alpha value is -3.41. The molecule has 0 saturated heterocycles. The predicted molar refractivity (Wildman–Crippen MR) is 107 cm³/mol. The summed E-state index contributed by atoms with van der Waals surface area (Å²) in [4.78, 5) is 20.8. The highest BCUT2D eigenvalue weighted by Crippen LogP contribution is 2.21. The Morgan fingerprint density at radius 1 is 0.963 bits per heavy atom. The lowest BCUT2D eigenvalue weighted by Gasteiger charge is -2.12. The summed E-state index contributed by atoms with van der Waals surface area (Å²) in [7, 11) is 0. The van der Waals surface area contributed by atoms with E-state index >= 15 is 0 Å². The molecule has 2 N–H and O–H groups in total. The molecular formula is C21H22N4O2. The molecular weight excluding hydrogens is 340 g/mol. The first-order chi connectivity index (χ1) is 13.0. The number of rotatable bonds is 6. The number of benzene rings is 2. The standard InChI is InChI=1S/C21H22N4O2/c1-14(2)27-20-13-19(22-15(3)23-20)24-17-9-11-18(12-10-17)25-21(26)16-7-5-4-6-8-16/h4-14H,1-3H3,(H,25,26)(H,22,23,24). The molecule has 0 saturated carbocycles. The summed E-state index contributed by atoms with van der Waals surface area (Å²) in [6.45, 7) is 5.72. The van der Waals surface area contributed by atoms with Crippen LogP contribution in [0.15, 0.2) is 60.7 Å². The maximum Gasteiger partial charge on any atom is 0.255 e. The van der Waals surface area contributed by atoms with E-state index in [2.05, 4.69) is 20.6 Å². The van der Waals surface area contributed by atoms with Crippen LogP contribution in [-0.2, 0) is 0 Å². The number of nitrogens with one attached hydrogen (secondary N) is 2. The number of carbonyl (C=O) groups is 1. The zero-order chi connectivity index (χ0) is 19.2. The third kappa shape index (κ3) is 5.28. The highest BCUT2D eigenvalue weighted by atomic mass is 16.5. The lowest BCUT2D eigenvalue weighted by Crippen LogP contribution is -2.11. The Kier molecular flexibility index (Phi) is 5.66. The Morgan fingerprint density at radius 2 is 1.63 bits per heavy atom. The largest absolute Gasteiger partial charge is 0.475 e. The second-order valence-corrected chi connectivity index (χ2v) is 6.33. The molecule has 6 nitrogen and oxygen atoms in total. The van der Waals surface area contributed by atoms with Crippen LogP contribution in [0.5, 0.6) is 5.88 Å². The van der Waals surface area contributed by atoms with Crippen LogP contribution in [0.3, 0.4) is 0 Å². The van der Waals surface area contributed by atoms with E-state index in [1.54, 1.807) is 18.2 Å². The lowest BCUT2D eigenvalue weighted by molar-refractivity contribution is 0.102. The molecule has 27 heavy (non-hydrogen) atoms. The van der Waals surface area contributed by atoms with Gasteiger partial charge in [-0.15, -0.1) is 0 Å². The number of nitrogens with zero attached hydrogens (tertiary/aromatic N) is 2. The van der Waals surface area contributed by atoms with Gasteiger partial charge < -0.3 is 15.4 Å². The number of carbonyl (C=O) groups excluding carboxylic acids is 1. The van der Waals surface area contributed by atoms with Gasteiger partial charge in [0.15, 0.2) is 0 Å². The smallest absolute Gasteiger partial charge is 0.255 e. The SMILES string of the molecule is Cc1nc(Nc2ccc(NC(=O)c3ccccc3)cc2)cc(OC(C)C)n1. The van der Waals surface area contributed by atoms with Crippen molar-refractivity contribution in [2.45, 2.75) is 26.9 Å². The van der Waals surface area contributed by atoms with Crippen LogP contribution in [0.4, 0.5) is 17.2 Å². The first kappa shape index (κ1) is 18.4. The average molecular weight is 362 g/mol. The molecule has 0 aliphatic heterocycles. The Labute approximate surface area is 158 Å². The van der Waals surface area contributed by atoms with Gasteiger partial charge in [-0.25, -0.2) is 4.98 Å². The van der Waals surface area contributed by atoms with Gasteiger partial charge in [-0.2, -0.15) is 4.98 Å². The molecule has 0 radical (unpaired) electrons. The first-order valence-corrected chi connectivity index (χ1v) is 8.75. The van der Waals surface area contributed by atoms with Crippen molar-refractivity contribution in [2.75, 3.05) is 10.6 Å². The van der Waals surface area contributed by atoms with Gasteiger partial charge in [0.05, 0.1) is 6.10 Å². The Morgan fingerprint density at radius 3 is 2.30 bits per heavy atom. The van der Waals surface area contributed by atoms with E-state index in [4.69, 9.17) is 4.74 Å². The molecule has 2 aromatic carbocycles. The summed E-state index contributed by atoms with van der Waals surface area (Å²) >= 11 is 0. The molecule has 0 atom stereocenters. The number of amides is 1. The first-order valence-electron chi connectivity index (χ1n) is 8.75. The molecule has 0 bridgehead atoms. The van der Waals surface area contributed by atoms with E-state index in [0.29, 0.717) is 23.1 Å². The molecule has 138 valence electrons. The Bertz CT molecular complexity index is 909. The van der Waals surface area contributed by atoms with Crippen molar-refractivity contribution >= 4 is 23.1 Å².